The maximum Gasteiger partial charge on any atom is 0.410 e. The summed E-state index contributed by atoms with van der Waals surface area (Å²) >= 11 is 0. The van der Waals surface area contributed by atoms with Gasteiger partial charge in [0.05, 0.1) is 18.9 Å². The van der Waals surface area contributed by atoms with E-state index in [-0.39, 0.29) is 43.1 Å². The van der Waals surface area contributed by atoms with E-state index in [0.29, 0.717) is 25.9 Å². The molecular formula is C40H59N5O9S. The Morgan fingerprint density at radius 1 is 0.964 bits per heavy atom. The van der Waals surface area contributed by atoms with Crippen LogP contribution in [0.1, 0.15) is 122 Å². The molecule has 55 heavy (non-hydrogen) atoms. The smallest absolute Gasteiger partial charge is 0.410 e. The number of rotatable bonds is 2. The van der Waals surface area contributed by atoms with E-state index in [4.69, 9.17) is 9.47 Å². The molecule has 304 valence electrons. The molecule has 4 aliphatic heterocycles. The normalized spacial score (nSPS) is 30.6. The number of nitrogens with one attached hydrogen (secondary N) is 3. The summed E-state index contributed by atoms with van der Waals surface area (Å²) in [6.07, 6.45) is 5.97. The molecule has 0 aromatic heterocycles. The minimum Gasteiger partial charge on any atom is -0.449 e. The zero-order valence-electron chi connectivity index (χ0n) is 33.0. The summed E-state index contributed by atoms with van der Waals surface area (Å²) in [7, 11) is -3.92. The van der Waals surface area contributed by atoms with Gasteiger partial charge < -0.3 is 25.0 Å². The van der Waals surface area contributed by atoms with Crippen LogP contribution in [0.5, 0.6) is 0 Å². The maximum absolute atomic E-state index is 14.6. The van der Waals surface area contributed by atoms with Crippen molar-refractivity contribution >= 4 is 39.9 Å². The maximum atomic E-state index is 14.6. The van der Waals surface area contributed by atoms with Gasteiger partial charge >= 0.3 is 12.2 Å². The van der Waals surface area contributed by atoms with Gasteiger partial charge in [0.15, 0.2) is 0 Å². The lowest BCUT2D eigenvalue weighted by Gasteiger charge is -2.35. The topological polar surface area (TPSA) is 181 Å². The second-order valence-corrected chi connectivity index (χ2v) is 20.1. The Labute approximate surface area is 325 Å². The molecular weight excluding hydrogens is 727 g/mol. The lowest BCUT2D eigenvalue weighted by Crippen LogP contribution is -2.60. The molecule has 6 rings (SSSR count). The number of ether oxygens (including phenoxy) is 2. The SMILES string of the molecule is CC1(C)CCCCc2cccc3c2CN(C3)C(=O)O[C@@H]2CC(C(=O)N[C@]34C[C@H]3CCCCCCCS(=O)(=O)NC4=O)N(C2)C(=O)[C@H](C(C)(C)C)NC(=O)OC1. The number of nitrogens with zero attached hydrogens (tertiary/aromatic N) is 2. The van der Waals surface area contributed by atoms with Gasteiger partial charge in [0.2, 0.25) is 21.8 Å². The fourth-order valence-electron chi connectivity index (χ4n) is 8.64. The summed E-state index contributed by atoms with van der Waals surface area (Å²) in [6.45, 7) is 10.3. The van der Waals surface area contributed by atoms with Crippen molar-refractivity contribution in [2.24, 2.45) is 16.7 Å². The van der Waals surface area contributed by atoms with E-state index < -0.39 is 69.1 Å². The van der Waals surface area contributed by atoms with Gasteiger partial charge in [-0.25, -0.2) is 18.0 Å². The molecule has 4 bridgehead atoms. The Balaban J connectivity index is 1.28. The Hall–Kier alpha value is -3.88. The predicted octanol–water partition coefficient (Wildman–Crippen LogP) is 4.68. The number of hydrogen-bond acceptors (Lipinski definition) is 9. The molecule has 1 unspecified atom stereocenters. The van der Waals surface area contributed by atoms with Gasteiger partial charge in [0, 0.05) is 19.5 Å². The fraction of sp³-hybridized carbons (Fsp3) is 0.725. The summed E-state index contributed by atoms with van der Waals surface area (Å²) in [6, 6.07) is 3.82. The highest BCUT2D eigenvalue weighted by atomic mass is 32.2. The molecule has 3 N–H and O–H groups in total. The first-order valence-electron chi connectivity index (χ1n) is 20.0. The van der Waals surface area contributed by atoms with Crippen LogP contribution in [-0.4, -0.2) is 90.8 Å². The molecule has 1 aliphatic carbocycles. The summed E-state index contributed by atoms with van der Waals surface area (Å²) in [4.78, 5) is 72.6. The van der Waals surface area contributed by atoms with Gasteiger partial charge in [-0.05, 0) is 72.0 Å². The van der Waals surface area contributed by atoms with Crippen molar-refractivity contribution in [3.05, 3.63) is 34.9 Å². The second kappa shape index (κ2) is 15.9. The van der Waals surface area contributed by atoms with Crippen molar-refractivity contribution in [2.75, 3.05) is 18.9 Å². The van der Waals surface area contributed by atoms with Crippen molar-refractivity contribution in [3.63, 3.8) is 0 Å². The number of benzene rings is 1. The van der Waals surface area contributed by atoms with E-state index in [9.17, 15) is 32.4 Å². The fourth-order valence-corrected chi connectivity index (χ4v) is 9.79. The number of amides is 5. The van der Waals surface area contributed by atoms with E-state index in [1.54, 1.807) is 25.7 Å². The zero-order valence-corrected chi connectivity index (χ0v) is 33.9. The summed E-state index contributed by atoms with van der Waals surface area (Å²) < 4.78 is 39.6. The van der Waals surface area contributed by atoms with Gasteiger partial charge in [-0.1, -0.05) is 84.9 Å². The van der Waals surface area contributed by atoms with Gasteiger partial charge in [0.1, 0.15) is 23.7 Å². The number of aryl methyl sites for hydroxylation is 1. The van der Waals surface area contributed by atoms with Crippen molar-refractivity contribution in [3.8, 4) is 0 Å². The lowest BCUT2D eigenvalue weighted by molar-refractivity contribution is -0.143. The number of alkyl carbamates (subject to hydrolysis) is 1. The van der Waals surface area contributed by atoms with Crippen LogP contribution in [0.15, 0.2) is 18.2 Å². The zero-order chi connectivity index (χ0) is 39.8. The number of hydrogen-bond donors (Lipinski definition) is 3. The minimum atomic E-state index is -3.92. The van der Waals surface area contributed by atoms with Crippen LogP contribution in [0.2, 0.25) is 0 Å². The Kier molecular flexibility index (Phi) is 11.8. The van der Waals surface area contributed by atoms with Crippen LogP contribution >= 0.6 is 0 Å². The molecule has 14 nitrogen and oxygen atoms in total. The van der Waals surface area contributed by atoms with E-state index in [0.717, 1.165) is 62.5 Å². The van der Waals surface area contributed by atoms with E-state index in [1.807, 2.05) is 26.0 Å². The quantitative estimate of drug-likeness (QED) is 0.384. The summed E-state index contributed by atoms with van der Waals surface area (Å²) in [5, 5.41) is 5.65. The monoisotopic (exact) mass is 785 g/mol. The van der Waals surface area contributed by atoms with E-state index >= 15 is 0 Å². The molecule has 5 amide bonds. The van der Waals surface area contributed by atoms with Crippen LogP contribution < -0.4 is 15.4 Å². The van der Waals surface area contributed by atoms with Crippen LogP contribution in [0.3, 0.4) is 0 Å². The molecule has 5 aliphatic rings. The standard InChI is InChI=1S/C40H59N5O9S/c1-38(2,3)32-34(47)45-23-29(20-31(45)33(46)42-40-21-28(40)17-9-7-6-8-12-19-55(51,52)43-35(40)48)54-37(50)44-22-27-16-13-15-26(30(27)24-44)14-10-11-18-39(4,5)25-53-36(49)41-32/h13,15-16,28-29,31-32H,6-12,14,17-25H2,1-5H3,(H,41,49)(H,42,46)(H,43,48)/t28-,29-,31?,32-,40-/m1/s1. The van der Waals surface area contributed by atoms with E-state index in [2.05, 4.69) is 21.4 Å². The molecule has 1 saturated carbocycles. The molecule has 5 atom stereocenters. The highest BCUT2D eigenvalue weighted by Crippen LogP contribution is 2.48. The molecule has 15 heteroatoms. The third kappa shape index (κ3) is 9.57. The number of fused-ring (bicyclic) bond motifs is 4. The Morgan fingerprint density at radius 2 is 1.69 bits per heavy atom. The highest BCUT2D eigenvalue weighted by Gasteiger charge is 2.62. The molecule has 1 aromatic carbocycles. The van der Waals surface area contributed by atoms with E-state index in [1.165, 1.54) is 10.5 Å². The number of carbonyl (C=O) groups excluding carboxylic acids is 5. The third-order valence-electron chi connectivity index (χ3n) is 12.0. The first-order valence-corrected chi connectivity index (χ1v) is 21.7. The number of sulfonamides is 1. The third-order valence-corrected chi connectivity index (χ3v) is 13.4. The molecule has 0 spiro atoms. The highest BCUT2D eigenvalue weighted by molar-refractivity contribution is 7.90. The largest absolute Gasteiger partial charge is 0.449 e. The predicted molar refractivity (Wildman–Crippen MR) is 204 cm³/mol. The lowest BCUT2D eigenvalue weighted by atomic mass is 9.85. The minimum absolute atomic E-state index is 0.0501. The van der Waals surface area contributed by atoms with Crippen molar-refractivity contribution in [1.82, 2.24) is 25.2 Å². The average molecular weight is 786 g/mol. The van der Waals surface area contributed by atoms with Crippen molar-refractivity contribution in [1.29, 1.82) is 0 Å². The Morgan fingerprint density at radius 3 is 2.45 bits per heavy atom. The molecule has 4 heterocycles. The van der Waals surface area contributed by atoms with Crippen molar-refractivity contribution in [2.45, 2.75) is 148 Å². The molecule has 1 aromatic rings. The first-order chi connectivity index (χ1) is 25.9. The first kappa shape index (κ1) is 40.8. The number of cyclic esters (lactones) is 1. The summed E-state index contributed by atoms with van der Waals surface area (Å²) in [5.41, 5.74) is 0.760. The van der Waals surface area contributed by atoms with Crippen LogP contribution in [0, 0.1) is 16.7 Å². The van der Waals surface area contributed by atoms with Crippen LogP contribution in [0.4, 0.5) is 9.59 Å². The van der Waals surface area contributed by atoms with Gasteiger partial charge in [-0.15, -0.1) is 0 Å². The van der Waals surface area contributed by atoms with Gasteiger partial charge in [-0.3, -0.25) is 24.0 Å². The Bertz CT molecular complexity index is 1780. The van der Waals surface area contributed by atoms with Crippen molar-refractivity contribution < 1.29 is 41.9 Å². The van der Waals surface area contributed by atoms with Crippen LogP contribution in [0.25, 0.3) is 0 Å². The van der Waals surface area contributed by atoms with Gasteiger partial charge in [0.25, 0.3) is 5.91 Å². The summed E-state index contributed by atoms with van der Waals surface area (Å²) in [5.74, 6) is -2.45. The molecule has 0 radical (unpaired) electrons. The number of carbonyl (C=O) groups is 5. The molecule has 3 fully saturated rings. The average Bonchev–Trinajstić information content (AvgIpc) is 3.40. The van der Waals surface area contributed by atoms with Gasteiger partial charge in [-0.2, -0.15) is 0 Å². The molecule has 2 saturated heterocycles. The second-order valence-electron chi connectivity index (χ2n) is 18.2. The van der Waals surface area contributed by atoms with Crippen LogP contribution in [-0.2, 0) is 53.4 Å².